The molecule has 0 aliphatic rings. The van der Waals surface area contributed by atoms with E-state index in [1.807, 2.05) is 0 Å². The number of hydrogen-bond donors (Lipinski definition) is 2. The summed E-state index contributed by atoms with van der Waals surface area (Å²) in [5, 5.41) is 10.8. The summed E-state index contributed by atoms with van der Waals surface area (Å²) in [6.07, 6.45) is 0.921. The van der Waals surface area contributed by atoms with Gasteiger partial charge in [0.25, 0.3) is 5.91 Å². The lowest BCUT2D eigenvalue weighted by molar-refractivity contribution is 0.0691. The maximum atomic E-state index is 13.5. The van der Waals surface area contributed by atoms with Crippen LogP contribution in [0.15, 0.2) is 30.5 Å². The summed E-state index contributed by atoms with van der Waals surface area (Å²) in [4.78, 5) is 25.8. The zero-order chi connectivity index (χ0) is 15.6. The number of nitrogens with one attached hydrogen (secondary N) is 1. The molecule has 0 fully saturated rings. The summed E-state index contributed by atoms with van der Waals surface area (Å²) in [6, 6.07) is 3.04. The van der Waals surface area contributed by atoms with Crippen molar-refractivity contribution in [1.29, 1.82) is 0 Å². The molecule has 0 aliphatic carbocycles. The second kappa shape index (κ2) is 5.61. The second-order valence-corrected chi connectivity index (χ2v) is 3.94. The molecule has 108 valence electrons. The van der Waals surface area contributed by atoms with Gasteiger partial charge in [0, 0.05) is 12.3 Å². The fraction of sp³-hybridized carbons (Fsp3) is 0. The molecule has 21 heavy (non-hydrogen) atoms. The number of carboxylic acid groups (broad SMARTS) is 1. The smallest absolute Gasteiger partial charge is 0.338 e. The van der Waals surface area contributed by atoms with Crippen molar-refractivity contribution in [3.05, 3.63) is 59.2 Å². The number of amides is 1. The van der Waals surface area contributed by atoms with Gasteiger partial charge in [-0.1, -0.05) is 0 Å². The van der Waals surface area contributed by atoms with E-state index >= 15 is 0 Å². The lowest BCUT2D eigenvalue weighted by Crippen LogP contribution is -2.14. The molecule has 0 saturated carbocycles. The Hall–Kier alpha value is -2.90. The van der Waals surface area contributed by atoms with Crippen molar-refractivity contribution in [2.24, 2.45) is 0 Å². The molecule has 0 atom stereocenters. The van der Waals surface area contributed by atoms with E-state index in [2.05, 4.69) is 10.3 Å². The molecule has 2 aromatic rings. The van der Waals surface area contributed by atoms with Gasteiger partial charge in [-0.05, 0) is 18.2 Å². The Balaban J connectivity index is 2.30. The number of carboxylic acids is 1. The zero-order valence-electron chi connectivity index (χ0n) is 10.2. The molecule has 1 amide bonds. The largest absolute Gasteiger partial charge is 0.478 e. The van der Waals surface area contributed by atoms with Crippen molar-refractivity contribution in [3.63, 3.8) is 0 Å². The maximum Gasteiger partial charge on any atom is 0.338 e. The van der Waals surface area contributed by atoms with Gasteiger partial charge in [-0.3, -0.25) is 4.79 Å². The fourth-order valence-corrected chi connectivity index (χ4v) is 1.51. The number of benzene rings is 1. The zero-order valence-corrected chi connectivity index (χ0v) is 10.2. The average molecular weight is 296 g/mol. The molecule has 0 unspecified atom stereocenters. The number of anilines is 1. The minimum absolute atomic E-state index is 0.0722. The average Bonchev–Trinajstić information content (AvgIpc) is 2.42. The first-order valence-corrected chi connectivity index (χ1v) is 5.53. The van der Waals surface area contributed by atoms with Gasteiger partial charge >= 0.3 is 5.97 Å². The number of aromatic nitrogens is 1. The van der Waals surface area contributed by atoms with Gasteiger partial charge in [0.15, 0.2) is 0 Å². The third-order valence-corrected chi connectivity index (χ3v) is 2.52. The lowest BCUT2D eigenvalue weighted by atomic mass is 10.1. The first kappa shape index (κ1) is 14.5. The first-order valence-electron chi connectivity index (χ1n) is 5.53. The van der Waals surface area contributed by atoms with Crippen molar-refractivity contribution in [2.75, 3.05) is 5.32 Å². The molecule has 1 aromatic heterocycles. The van der Waals surface area contributed by atoms with Crippen LogP contribution in [0.2, 0.25) is 0 Å². The van der Waals surface area contributed by atoms with Gasteiger partial charge in [0.1, 0.15) is 11.6 Å². The van der Waals surface area contributed by atoms with Crippen molar-refractivity contribution in [3.8, 4) is 0 Å². The van der Waals surface area contributed by atoms with Gasteiger partial charge in [0.05, 0.1) is 16.8 Å². The quantitative estimate of drug-likeness (QED) is 0.853. The Morgan fingerprint density at radius 1 is 1.10 bits per heavy atom. The third-order valence-electron chi connectivity index (χ3n) is 2.52. The van der Waals surface area contributed by atoms with Gasteiger partial charge < -0.3 is 10.4 Å². The van der Waals surface area contributed by atoms with E-state index in [1.54, 1.807) is 0 Å². The van der Waals surface area contributed by atoms with Crippen molar-refractivity contribution in [2.45, 2.75) is 0 Å². The predicted molar refractivity (Wildman–Crippen MR) is 65.5 cm³/mol. The second-order valence-electron chi connectivity index (χ2n) is 3.94. The summed E-state index contributed by atoms with van der Waals surface area (Å²) in [5.41, 5.74) is -1.37. The van der Waals surface area contributed by atoms with E-state index in [4.69, 9.17) is 5.11 Å². The number of pyridine rings is 1. The van der Waals surface area contributed by atoms with Crippen LogP contribution < -0.4 is 5.32 Å². The molecule has 2 N–H and O–H groups in total. The van der Waals surface area contributed by atoms with Crippen LogP contribution in [0.4, 0.5) is 18.9 Å². The molecule has 1 heterocycles. The van der Waals surface area contributed by atoms with Gasteiger partial charge in [-0.15, -0.1) is 0 Å². The Bertz CT molecular complexity index is 717. The monoisotopic (exact) mass is 296 g/mol. The van der Waals surface area contributed by atoms with Crippen molar-refractivity contribution in [1.82, 2.24) is 4.98 Å². The van der Waals surface area contributed by atoms with Crippen LogP contribution in [0.3, 0.4) is 0 Å². The van der Waals surface area contributed by atoms with Crippen molar-refractivity contribution < 1.29 is 27.9 Å². The molecular weight excluding hydrogens is 289 g/mol. The fourth-order valence-electron chi connectivity index (χ4n) is 1.51. The highest BCUT2D eigenvalue weighted by Crippen LogP contribution is 2.20. The van der Waals surface area contributed by atoms with Crippen LogP contribution >= 0.6 is 0 Å². The van der Waals surface area contributed by atoms with E-state index in [0.29, 0.717) is 12.1 Å². The van der Waals surface area contributed by atoms with Gasteiger partial charge in [-0.25, -0.2) is 18.6 Å². The summed E-state index contributed by atoms with van der Waals surface area (Å²) < 4.78 is 39.3. The molecule has 1 aromatic carbocycles. The highest BCUT2D eigenvalue weighted by Gasteiger charge is 2.17. The van der Waals surface area contributed by atoms with Crippen LogP contribution in [-0.2, 0) is 0 Å². The number of carbonyl (C=O) groups is 2. The standard InChI is InChI=1S/C13H7F3N2O3/c14-8-4-9(15)10(3-7(8)13(20)21)18-12(19)6-1-2-11(16)17-5-6/h1-5H,(H,18,19)(H,20,21). The predicted octanol–water partition coefficient (Wildman–Crippen LogP) is 2.45. The number of carbonyl (C=O) groups excluding carboxylic acids is 1. The van der Waals surface area contributed by atoms with E-state index in [-0.39, 0.29) is 5.56 Å². The van der Waals surface area contributed by atoms with E-state index < -0.39 is 40.7 Å². The SMILES string of the molecule is O=C(Nc1cc(C(=O)O)c(F)cc1F)c1ccc(F)nc1. The number of nitrogens with zero attached hydrogens (tertiary/aromatic N) is 1. The molecule has 0 radical (unpaired) electrons. The van der Waals surface area contributed by atoms with E-state index in [1.165, 1.54) is 0 Å². The number of aromatic carboxylic acids is 1. The van der Waals surface area contributed by atoms with Crippen molar-refractivity contribution >= 4 is 17.6 Å². The van der Waals surface area contributed by atoms with Gasteiger partial charge in [0.2, 0.25) is 5.95 Å². The molecule has 0 bridgehead atoms. The van der Waals surface area contributed by atoms with Gasteiger partial charge in [-0.2, -0.15) is 4.39 Å². The number of hydrogen-bond acceptors (Lipinski definition) is 3. The topological polar surface area (TPSA) is 79.3 Å². The van der Waals surface area contributed by atoms with Crippen LogP contribution in [0.5, 0.6) is 0 Å². The molecular formula is C13H7F3N2O3. The minimum atomic E-state index is -1.61. The van der Waals surface area contributed by atoms with Crippen LogP contribution in [0, 0.1) is 17.6 Å². The highest BCUT2D eigenvalue weighted by molar-refractivity contribution is 6.04. The maximum absolute atomic E-state index is 13.5. The highest BCUT2D eigenvalue weighted by atomic mass is 19.1. The normalized spacial score (nSPS) is 10.2. The minimum Gasteiger partial charge on any atom is -0.478 e. The number of halogens is 3. The molecule has 0 saturated heterocycles. The summed E-state index contributed by atoms with van der Waals surface area (Å²) in [6.45, 7) is 0. The third kappa shape index (κ3) is 3.16. The molecule has 8 heteroatoms. The Morgan fingerprint density at radius 2 is 1.81 bits per heavy atom. The Kier molecular flexibility index (Phi) is 3.88. The lowest BCUT2D eigenvalue weighted by Gasteiger charge is -2.08. The molecule has 5 nitrogen and oxygen atoms in total. The summed E-state index contributed by atoms with van der Waals surface area (Å²) in [5.74, 6) is -5.65. The van der Waals surface area contributed by atoms with Crippen LogP contribution in [-0.4, -0.2) is 22.0 Å². The summed E-state index contributed by atoms with van der Waals surface area (Å²) in [7, 11) is 0. The molecule has 0 aliphatic heterocycles. The van der Waals surface area contributed by atoms with Crippen LogP contribution in [0.1, 0.15) is 20.7 Å². The Labute approximate surface area is 116 Å². The van der Waals surface area contributed by atoms with Crippen LogP contribution in [0.25, 0.3) is 0 Å². The first-order chi connectivity index (χ1) is 9.88. The van der Waals surface area contributed by atoms with E-state index in [9.17, 15) is 22.8 Å². The Morgan fingerprint density at radius 3 is 2.38 bits per heavy atom. The molecule has 2 rings (SSSR count). The van der Waals surface area contributed by atoms with E-state index in [0.717, 1.165) is 18.3 Å². The molecule has 0 spiro atoms. The summed E-state index contributed by atoms with van der Waals surface area (Å²) >= 11 is 0. The number of rotatable bonds is 3.